The van der Waals surface area contributed by atoms with Crippen molar-refractivity contribution in [1.82, 2.24) is 10.2 Å². The first-order chi connectivity index (χ1) is 6.95. The molecule has 0 aromatic heterocycles. The Morgan fingerprint density at radius 3 is 2.57 bits per heavy atom. The minimum Gasteiger partial charge on any atom is -0.314 e. The Hall–Kier alpha value is -0.795. The lowest BCUT2D eigenvalue weighted by molar-refractivity contribution is 0.276. The highest BCUT2D eigenvalue weighted by molar-refractivity contribution is 6.53. The zero-order valence-corrected chi connectivity index (χ0v) is 8.45. The van der Waals surface area contributed by atoms with Crippen LogP contribution in [0.3, 0.4) is 0 Å². The van der Waals surface area contributed by atoms with Crippen LogP contribution in [0, 0.1) is 0 Å². The number of rotatable bonds is 3. The normalized spacial score (nSPS) is 18.0. The molecule has 0 spiro atoms. The fraction of sp³-hybridized carbons (Fsp3) is 0.455. The van der Waals surface area contributed by atoms with Crippen molar-refractivity contribution >= 4 is 12.7 Å². The van der Waals surface area contributed by atoms with E-state index in [2.05, 4.69) is 47.8 Å². The van der Waals surface area contributed by atoms with Gasteiger partial charge in [-0.1, -0.05) is 35.8 Å². The summed E-state index contributed by atoms with van der Waals surface area (Å²) in [5, 5.41) is 3.36. The molecule has 1 fully saturated rings. The molecule has 1 saturated heterocycles. The van der Waals surface area contributed by atoms with Crippen LogP contribution in [0.1, 0.15) is 0 Å². The summed E-state index contributed by atoms with van der Waals surface area (Å²) in [6, 6.07) is 10.5. The van der Waals surface area contributed by atoms with Crippen LogP contribution in [0.5, 0.6) is 0 Å². The Labute approximate surface area is 86.5 Å². The molecule has 0 bridgehead atoms. The second-order valence-electron chi connectivity index (χ2n) is 3.67. The molecule has 73 valence electrons. The number of piperazine rings is 1. The van der Waals surface area contributed by atoms with Crippen molar-refractivity contribution in [1.29, 1.82) is 0 Å². The van der Waals surface area contributed by atoms with Gasteiger partial charge in [-0.25, -0.2) is 0 Å². The number of benzene rings is 1. The van der Waals surface area contributed by atoms with Crippen LogP contribution in [-0.2, 0) is 0 Å². The summed E-state index contributed by atoms with van der Waals surface area (Å²) in [4.78, 5) is 2.48. The summed E-state index contributed by atoms with van der Waals surface area (Å²) in [5.74, 6) is 0. The summed E-state index contributed by atoms with van der Waals surface area (Å²) in [6.07, 6.45) is 1.08. The second-order valence-corrected chi connectivity index (χ2v) is 3.67. The highest BCUT2D eigenvalue weighted by Crippen LogP contribution is 1.90. The second kappa shape index (κ2) is 5.18. The van der Waals surface area contributed by atoms with Crippen molar-refractivity contribution in [2.75, 3.05) is 32.6 Å². The summed E-state index contributed by atoms with van der Waals surface area (Å²) < 4.78 is 0. The van der Waals surface area contributed by atoms with E-state index < -0.39 is 0 Å². The molecule has 1 aliphatic heterocycles. The van der Waals surface area contributed by atoms with Gasteiger partial charge in [-0.05, 0) is 6.44 Å². The van der Waals surface area contributed by atoms with Crippen molar-refractivity contribution < 1.29 is 0 Å². The van der Waals surface area contributed by atoms with E-state index >= 15 is 0 Å². The molecule has 0 atom stereocenters. The number of hydrogen-bond donors (Lipinski definition) is 1. The molecule has 0 saturated carbocycles. The van der Waals surface area contributed by atoms with Gasteiger partial charge >= 0.3 is 0 Å². The average molecular weight is 187 g/mol. The van der Waals surface area contributed by atoms with Crippen molar-refractivity contribution in [3.05, 3.63) is 30.3 Å². The maximum absolute atomic E-state index is 3.36. The maximum Gasteiger partial charge on any atom is 0.169 e. The number of hydrogen-bond acceptors (Lipinski definition) is 2. The lowest BCUT2D eigenvalue weighted by Gasteiger charge is -2.26. The van der Waals surface area contributed by atoms with Crippen LogP contribution in [0.15, 0.2) is 30.3 Å². The lowest BCUT2D eigenvalue weighted by atomic mass is 9.70. The molecule has 1 aliphatic rings. The molecule has 3 heteroatoms. The van der Waals surface area contributed by atoms with E-state index in [1.807, 2.05) is 0 Å². The third-order valence-corrected chi connectivity index (χ3v) is 2.59. The molecule has 2 nitrogen and oxygen atoms in total. The topological polar surface area (TPSA) is 15.3 Å². The third-order valence-electron chi connectivity index (χ3n) is 2.59. The van der Waals surface area contributed by atoms with Gasteiger partial charge in [0.2, 0.25) is 0 Å². The van der Waals surface area contributed by atoms with Crippen LogP contribution >= 0.6 is 0 Å². The van der Waals surface area contributed by atoms with Gasteiger partial charge in [-0.3, -0.25) is 0 Å². The standard InChI is InChI=1S/C11H16BN2/c1-2-4-11(5-3-1)12-10-14-8-6-13-7-9-14/h1-5,13H,6-10H2. The minimum absolute atomic E-state index is 1.08. The minimum atomic E-state index is 1.08. The SMILES string of the molecule is [B](CN1CCNCC1)c1ccccc1. The first-order valence-corrected chi connectivity index (χ1v) is 5.26. The van der Waals surface area contributed by atoms with Gasteiger partial charge in [-0.15, -0.1) is 0 Å². The molecule has 0 unspecified atom stereocenters. The van der Waals surface area contributed by atoms with E-state index in [1.54, 1.807) is 0 Å². The molecule has 0 aliphatic carbocycles. The van der Waals surface area contributed by atoms with Gasteiger partial charge in [0.05, 0.1) is 0 Å². The van der Waals surface area contributed by atoms with Crippen molar-refractivity contribution in [2.24, 2.45) is 0 Å². The van der Waals surface area contributed by atoms with Gasteiger partial charge in [0.1, 0.15) is 0 Å². The van der Waals surface area contributed by atoms with Gasteiger partial charge in [0, 0.05) is 26.2 Å². The predicted octanol–water partition coefficient (Wildman–Crippen LogP) is -0.121. The van der Waals surface area contributed by atoms with Crippen LogP contribution in [0.25, 0.3) is 0 Å². The molecular weight excluding hydrogens is 171 g/mol. The molecular formula is C11H16BN2. The third kappa shape index (κ3) is 2.86. The molecule has 1 aromatic carbocycles. The monoisotopic (exact) mass is 187 g/mol. The highest BCUT2D eigenvalue weighted by atomic mass is 15.2. The average Bonchev–Trinajstić information content (AvgIpc) is 2.29. The Balaban J connectivity index is 1.76. The van der Waals surface area contributed by atoms with E-state index in [0.29, 0.717) is 0 Å². The molecule has 2 rings (SSSR count). The fourth-order valence-electron chi connectivity index (χ4n) is 1.72. The van der Waals surface area contributed by atoms with Gasteiger partial charge in [-0.2, -0.15) is 0 Å². The van der Waals surface area contributed by atoms with Crippen LogP contribution in [-0.4, -0.2) is 44.8 Å². The largest absolute Gasteiger partial charge is 0.314 e. The first kappa shape index (κ1) is 9.75. The predicted molar refractivity (Wildman–Crippen MR) is 61.1 cm³/mol. The van der Waals surface area contributed by atoms with E-state index in [-0.39, 0.29) is 0 Å². The van der Waals surface area contributed by atoms with Crippen LogP contribution < -0.4 is 10.8 Å². The van der Waals surface area contributed by atoms with Crippen LogP contribution in [0.2, 0.25) is 0 Å². The van der Waals surface area contributed by atoms with E-state index in [0.717, 1.165) is 19.5 Å². The van der Waals surface area contributed by atoms with Gasteiger partial charge in [0.25, 0.3) is 0 Å². The van der Waals surface area contributed by atoms with E-state index in [4.69, 9.17) is 0 Å². The smallest absolute Gasteiger partial charge is 0.169 e. The summed E-state index contributed by atoms with van der Waals surface area (Å²) in [6.45, 7) is 4.60. The van der Waals surface area contributed by atoms with Gasteiger partial charge < -0.3 is 10.2 Å². The Morgan fingerprint density at radius 2 is 1.86 bits per heavy atom. The first-order valence-electron chi connectivity index (χ1n) is 5.26. The number of nitrogens with zero attached hydrogens (tertiary/aromatic N) is 1. The van der Waals surface area contributed by atoms with Crippen molar-refractivity contribution in [3.63, 3.8) is 0 Å². The zero-order chi connectivity index (χ0) is 9.64. The Morgan fingerprint density at radius 1 is 1.14 bits per heavy atom. The lowest BCUT2D eigenvalue weighted by Crippen LogP contribution is -2.46. The van der Waals surface area contributed by atoms with Crippen molar-refractivity contribution in [2.45, 2.75) is 0 Å². The molecule has 14 heavy (non-hydrogen) atoms. The Kier molecular flexibility index (Phi) is 3.60. The maximum atomic E-state index is 3.36. The summed E-state index contributed by atoms with van der Waals surface area (Å²) >= 11 is 0. The van der Waals surface area contributed by atoms with Crippen LogP contribution in [0.4, 0.5) is 0 Å². The molecule has 1 heterocycles. The molecule has 1 radical (unpaired) electrons. The highest BCUT2D eigenvalue weighted by Gasteiger charge is 2.08. The molecule has 0 amide bonds. The fourth-order valence-corrected chi connectivity index (χ4v) is 1.72. The van der Waals surface area contributed by atoms with Crippen molar-refractivity contribution in [3.8, 4) is 0 Å². The van der Waals surface area contributed by atoms with E-state index in [9.17, 15) is 0 Å². The summed E-state index contributed by atoms with van der Waals surface area (Å²) in [5.41, 5.74) is 1.33. The van der Waals surface area contributed by atoms with Gasteiger partial charge in [0.15, 0.2) is 7.28 Å². The summed E-state index contributed by atoms with van der Waals surface area (Å²) in [7, 11) is 2.30. The quantitative estimate of drug-likeness (QED) is 0.663. The number of nitrogens with one attached hydrogen (secondary N) is 1. The van der Waals surface area contributed by atoms with E-state index in [1.165, 1.54) is 18.6 Å². The molecule has 1 aromatic rings. The molecule has 1 N–H and O–H groups in total. The zero-order valence-electron chi connectivity index (χ0n) is 8.45. The Bertz CT molecular complexity index is 257.